The second-order valence-corrected chi connectivity index (χ2v) is 6.78. The number of carbonyl (C=O) groups is 3. The van der Waals surface area contributed by atoms with Crippen LogP contribution in [-0.4, -0.2) is 29.5 Å². The first kappa shape index (κ1) is 18.7. The normalized spacial score (nSPS) is 11.4. The molecule has 0 aliphatic carbocycles. The quantitative estimate of drug-likeness (QED) is 0.466. The molecule has 0 bridgehead atoms. The molecular weight excluding hydrogens is 338 g/mol. The molecule has 2 rings (SSSR count). The summed E-state index contributed by atoms with van der Waals surface area (Å²) >= 11 is 1.37. The molecule has 0 aliphatic heterocycles. The van der Waals surface area contributed by atoms with Crippen molar-refractivity contribution in [2.45, 2.75) is 24.0 Å². The van der Waals surface area contributed by atoms with Crippen LogP contribution in [0.15, 0.2) is 59.5 Å². The number of hydrogen-bond donors (Lipinski definition) is 1. The molecule has 0 spiro atoms. The molecule has 1 N–H and O–H groups in total. The van der Waals surface area contributed by atoms with Crippen LogP contribution in [0.25, 0.3) is 0 Å². The van der Waals surface area contributed by atoms with Gasteiger partial charge in [-0.2, -0.15) is 0 Å². The maximum atomic E-state index is 12.0. The van der Waals surface area contributed by atoms with E-state index in [9.17, 15) is 14.4 Å². The lowest BCUT2D eigenvalue weighted by molar-refractivity contribution is -0.146. The number of thioether (sulfide) groups is 1. The van der Waals surface area contributed by atoms with Crippen molar-refractivity contribution in [1.82, 2.24) is 0 Å². The topological polar surface area (TPSA) is 72.5 Å². The Labute approximate surface area is 150 Å². The molecule has 1 amide bonds. The lowest BCUT2D eigenvalue weighted by Crippen LogP contribution is -2.24. The second-order valence-electron chi connectivity index (χ2n) is 5.36. The Morgan fingerprint density at radius 3 is 2.28 bits per heavy atom. The Morgan fingerprint density at radius 1 is 1.04 bits per heavy atom. The molecule has 5 nitrogen and oxygen atoms in total. The fourth-order valence-corrected chi connectivity index (χ4v) is 2.88. The zero-order chi connectivity index (χ0) is 18.2. The maximum absolute atomic E-state index is 12.0. The number of nitrogens with one attached hydrogen (secondary N) is 1. The van der Waals surface area contributed by atoms with Crippen molar-refractivity contribution < 1.29 is 19.1 Å². The van der Waals surface area contributed by atoms with Crippen molar-refractivity contribution in [3.8, 4) is 0 Å². The minimum absolute atomic E-state index is 0.0447. The number of benzene rings is 2. The first-order chi connectivity index (χ1) is 12.0. The SMILES string of the molecule is CC(=O)c1ccc(NC(=O)COC(=O)[C@H](C)Sc2ccccc2)cc1. The molecule has 0 radical (unpaired) electrons. The van der Waals surface area contributed by atoms with Crippen LogP contribution < -0.4 is 5.32 Å². The van der Waals surface area contributed by atoms with Crippen molar-refractivity contribution in [3.63, 3.8) is 0 Å². The zero-order valence-electron chi connectivity index (χ0n) is 14.0. The van der Waals surface area contributed by atoms with Gasteiger partial charge in [0.2, 0.25) is 0 Å². The van der Waals surface area contributed by atoms with Crippen LogP contribution in [0.1, 0.15) is 24.2 Å². The summed E-state index contributed by atoms with van der Waals surface area (Å²) < 4.78 is 5.05. The van der Waals surface area contributed by atoms with Crippen LogP contribution in [-0.2, 0) is 14.3 Å². The third-order valence-electron chi connectivity index (χ3n) is 3.31. The van der Waals surface area contributed by atoms with Gasteiger partial charge >= 0.3 is 5.97 Å². The van der Waals surface area contributed by atoms with Crippen molar-refractivity contribution in [1.29, 1.82) is 0 Å². The Morgan fingerprint density at radius 2 is 1.68 bits per heavy atom. The number of Topliss-reactive ketones (excluding diaryl/α,β-unsaturated/α-hetero) is 1. The zero-order valence-corrected chi connectivity index (χ0v) is 14.8. The highest BCUT2D eigenvalue weighted by Crippen LogP contribution is 2.23. The summed E-state index contributed by atoms with van der Waals surface area (Å²) in [5, 5.41) is 2.21. The first-order valence-electron chi connectivity index (χ1n) is 7.75. The van der Waals surface area contributed by atoms with Crippen molar-refractivity contribution >= 4 is 35.1 Å². The summed E-state index contributed by atoms with van der Waals surface area (Å²) in [7, 11) is 0. The number of ketones is 1. The van der Waals surface area contributed by atoms with Crippen LogP contribution in [0, 0.1) is 0 Å². The van der Waals surface area contributed by atoms with E-state index in [0.29, 0.717) is 11.3 Å². The van der Waals surface area contributed by atoms with Gasteiger partial charge in [-0.25, -0.2) is 0 Å². The van der Waals surface area contributed by atoms with E-state index < -0.39 is 17.1 Å². The van der Waals surface area contributed by atoms with E-state index in [1.807, 2.05) is 30.3 Å². The van der Waals surface area contributed by atoms with Crippen molar-refractivity contribution in [2.75, 3.05) is 11.9 Å². The Balaban J connectivity index is 1.78. The average Bonchev–Trinajstić information content (AvgIpc) is 2.61. The summed E-state index contributed by atoms with van der Waals surface area (Å²) in [5.41, 5.74) is 1.11. The molecule has 0 aliphatic rings. The molecule has 2 aromatic carbocycles. The molecule has 0 saturated carbocycles. The van der Waals surface area contributed by atoms with E-state index in [0.717, 1.165) is 4.90 Å². The summed E-state index contributed by atoms with van der Waals surface area (Å²) in [5.74, 6) is -0.923. The van der Waals surface area contributed by atoms with Crippen LogP contribution in [0.3, 0.4) is 0 Å². The van der Waals surface area contributed by atoms with E-state index in [2.05, 4.69) is 5.32 Å². The third kappa shape index (κ3) is 6.08. The number of esters is 1. The molecule has 2 aromatic rings. The van der Waals surface area contributed by atoms with Crippen LogP contribution in [0.4, 0.5) is 5.69 Å². The predicted molar refractivity (Wildman–Crippen MR) is 97.8 cm³/mol. The molecule has 0 heterocycles. The third-order valence-corrected chi connectivity index (χ3v) is 4.40. The molecule has 0 unspecified atom stereocenters. The largest absolute Gasteiger partial charge is 0.455 e. The van der Waals surface area contributed by atoms with Crippen LogP contribution in [0.5, 0.6) is 0 Å². The monoisotopic (exact) mass is 357 g/mol. The molecule has 0 fully saturated rings. The van der Waals surface area contributed by atoms with Crippen molar-refractivity contribution in [2.24, 2.45) is 0 Å². The molecule has 6 heteroatoms. The second kappa shape index (κ2) is 9.03. The predicted octanol–water partition coefficient (Wildman–Crippen LogP) is 3.55. The maximum Gasteiger partial charge on any atom is 0.319 e. The number of rotatable bonds is 7. The number of carbonyl (C=O) groups excluding carboxylic acids is 3. The number of hydrogen-bond acceptors (Lipinski definition) is 5. The van der Waals surface area contributed by atoms with Crippen LogP contribution >= 0.6 is 11.8 Å². The van der Waals surface area contributed by atoms with Gasteiger partial charge in [0.05, 0.1) is 0 Å². The van der Waals surface area contributed by atoms with E-state index in [-0.39, 0.29) is 12.4 Å². The highest BCUT2D eigenvalue weighted by atomic mass is 32.2. The van der Waals surface area contributed by atoms with Crippen LogP contribution in [0.2, 0.25) is 0 Å². The van der Waals surface area contributed by atoms with Gasteiger partial charge in [-0.3, -0.25) is 14.4 Å². The standard InChI is InChI=1S/C19H19NO4S/c1-13(21)15-8-10-16(11-9-15)20-18(22)12-24-19(23)14(2)25-17-6-4-3-5-7-17/h3-11,14H,12H2,1-2H3,(H,20,22)/t14-/m0/s1. The molecule has 0 saturated heterocycles. The van der Waals surface area contributed by atoms with Gasteiger partial charge in [0.15, 0.2) is 12.4 Å². The number of amides is 1. The van der Waals surface area contributed by atoms with E-state index in [1.165, 1.54) is 18.7 Å². The highest BCUT2D eigenvalue weighted by Gasteiger charge is 2.17. The summed E-state index contributed by atoms with van der Waals surface area (Å²) in [6.07, 6.45) is 0. The molecule has 1 atom stereocenters. The Bertz CT molecular complexity index is 744. The first-order valence-corrected chi connectivity index (χ1v) is 8.63. The number of ether oxygens (including phenoxy) is 1. The minimum Gasteiger partial charge on any atom is -0.455 e. The summed E-state index contributed by atoms with van der Waals surface area (Å²) in [6, 6.07) is 16.0. The van der Waals surface area contributed by atoms with Gasteiger partial charge in [-0.1, -0.05) is 18.2 Å². The lowest BCUT2D eigenvalue weighted by atomic mass is 10.1. The highest BCUT2D eigenvalue weighted by molar-refractivity contribution is 8.00. The summed E-state index contributed by atoms with van der Waals surface area (Å²) in [4.78, 5) is 36.0. The number of anilines is 1. The average molecular weight is 357 g/mol. The van der Waals surface area contributed by atoms with Crippen molar-refractivity contribution in [3.05, 3.63) is 60.2 Å². The fraction of sp³-hybridized carbons (Fsp3) is 0.211. The van der Waals surface area contributed by atoms with Gasteiger partial charge < -0.3 is 10.1 Å². The fourth-order valence-electron chi connectivity index (χ4n) is 1.99. The Kier molecular flexibility index (Phi) is 6.77. The van der Waals surface area contributed by atoms with Gasteiger partial charge in [0.25, 0.3) is 5.91 Å². The molecule has 0 aromatic heterocycles. The van der Waals surface area contributed by atoms with Gasteiger partial charge in [0.1, 0.15) is 5.25 Å². The van der Waals surface area contributed by atoms with E-state index >= 15 is 0 Å². The lowest BCUT2D eigenvalue weighted by Gasteiger charge is -2.11. The van der Waals surface area contributed by atoms with Gasteiger partial charge in [0, 0.05) is 16.1 Å². The van der Waals surface area contributed by atoms with E-state index in [4.69, 9.17) is 4.74 Å². The van der Waals surface area contributed by atoms with E-state index in [1.54, 1.807) is 31.2 Å². The molecule has 130 valence electrons. The Hall–Kier alpha value is -2.60. The van der Waals surface area contributed by atoms with Gasteiger partial charge in [-0.15, -0.1) is 11.8 Å². The smallest absolute Gasteiger partial charge is 0.319 e. The molecular formula is C19H19NO4S. The molecule has 25 heavy (non-hydrogen) atoms. The minimum atomic E-state index is -0.448. The van der Waals surface area contributed by atoms with Gasteiger partial charge in [-0.05, 0) is 50.2 Å². The summed E-state index contributed by atoms with van der Waals surface area (Å²) in [6.45, 7) is 2.85.